The SMILES string of the molecule is CCCCCC/C=C\C/C=C\CCCCCCCC(=O)OCCCCCCCCCCCCCCCCCC(=O)NC(CO)C(O)/C=C/CCCCCCCCCCC. The van der Waals surface area contributed by atoms with Gasteiger partial charge in [-0.1, -0.05) is 224 Å². The third-order valence-electron chi connectivity index (χ3n) is 11.7. The minimum absolute atomic E-state index is 0.0147. The zero-order valence-corrected chi connectivity index (χ0v) is 39.2. The van der Waals surface area contributed by atoms with E-state index >= 15 is 0 Å². The van der Waals surface area contributed by atoms with Crippen LogP contribution in [0.25, 0.3) is 0 Å². The van der Waals surface area contributed by atoms with Crippen LogP contribution in [0.1, 0.15) is 264 Å². The number of esters is 1. The molecule has 0 spiro atoms. The van der Waals surface area contributed by atoms with Gasteiger partial charge in [0.25, 0.3) is 0 Å². The number of unbranched alkanes of at least 4 members (excludes halogenated alkanes) is 32. The van der Waals surface area contributed by atoms with Crippen molar-refractivity contribution in [1.29, 1.82) is 0 Å². The van der Waals surface area contributed by atoms with E-state index in [2.05, 4.69) is 43.5 Å². The molecule has 2 unspecified atom stereocenters. The van der Waals surface area contributed by atoms with Crippen LogP contribution in [0.15, 0.2) is 36.5 Å². The van der Waals surface area contributed by atoms with Gasteiger partial charge in [-0.05, 0) is 64.2 Å². The van der Waals surface area contributed by atoms with Gasteiger partial charge in [-0.3, -0.25) is 9.59 Å². The van der Waals surface area contributed by atoms with E-state index in [4.69, 9.17) is 4.74 Å². The summed E-state index contributed by atoms with van der Waals surface area (Å²) >= 11 is 0. The summed E-state index contributed by atoms with van der Waals surface area (Å²) in [6, 6.07) is -0.633. The average Bonchev–Trinajstić information content (AvgIpc) is 3.24. The van der Waals surface area contributed by atoms with Crippen LogP contribution in [0.4, 0.5) is 0 Å². The van der Waals surface area contributed by atoms with Crippen LogP contribution in [0.2, 0.25) is 0 Å². The van der Waals surface area contributed by atoms with Crippen LogP contribution in [0.3, 0.4) is 0 Å². The summed E-state index contributed by atoms with van der Waals surface area (Å²) in [6.07, 6.45) is 58.5. The third kappa shape index (κ3) is 45.4. The number of amides is 1. The van der Waals surface area contributed by atoms with Crippen LogP contribution < -0.4 is 5.32 Å². The monoisotopic (exact) mass is 830 g/mol. The standard InChI is InChI=1S/C53H99NO5/c1-3-5-7-9-11-13-15-16-17-20-23-27-31-35-39-43-47-53(58)59-48-44-40-36-32-28-24-21-18-19-22-26-30-34-38-42-46-52(57)54-50(49-55)51(56)45-41-37-33-29-25-14-12-10-8-6-4-2/h13,15,17,20,41,45,50-51,55-56H,3-12,14,16,18-19,21-40,42-44,46-49H2,1-2H3,(H,54,57)/b15-13-,20-17-,45-41+. The highest BCUT2D eigenvalue weighted by molar-refractivity contribution is 5.76. The van der Waals surface area contributed by atoms with E-state index in [0.717, 1.165) is 64.2 Å². The molecule has 6 heteroatoms. The minimum atomic E-state index is -0.849. The summed E-state index contributed by atoms with van der Waals surface area (Å²) in [5.41, 5.74) is 0. The van der Waals surface area contributed by atoms with Gasteiger partial charge in [-0.15, -0.1) is 0 Å². The first kappa shape index (κ1) is 57.1. The van der Waals surface area contributed by atoms with Crippen molar-refractivity contribution >= 4 is 11.9 Å². The number of allylic oxidation sites excluding steroid dienone is 5. The molecule has 2 atom stereocenters. The summed E-state index contributed by atoms with van der Waals surface area (Å²) < 4.78 is 5.46. The maximum absolute atomic E-state index is 12.4. The molecule has 3 N–H and O–H groups in total. The molecule has 0 aliphatic rings. The number of aliphatic hydroxyl groups excluding tert-OH is 2. The Kier molecular flexibility index (Phi) is 47.2. The molecule has 0 radical (unpaired) electrons. The van der Waals surface area contributed by atoms with Crippen LogP contribution in [-0.4, -0.2) is 47.4 Å². The number of nitrogens with one attached hydrogen (secondary N) is 1. The van der Waals surface area contributed by atoms with E-state index in [9.17, 15) is 19.8 Å². The molecule has 0 fully saturated rings. The normalized spacial score (nSPS) is 12.9. The van der Waals surface area contributed by atoms with E-state index < -0.39 is 12.1 Å². The Labute approximate surface area is 366 Å². The molecule has 0 saturated heterocycles. The van der Waals surface area contributed by atoms with Crippen molar-refractivity contribution < 1.29 is 24.5 Å². The Balaban J connectivity index is 3.46. The lowest BCUT2D eigenvalue weighted by Crippen LogP contribution is -2.45. The lowest BCUT2D eigenvalue weighted by molar-refractivity contribution is -0.143. The van der Waals surface area contributed by atoms with Crippen molar-refractivity contribution in [2.24, 2.45) is 0 Å². The summed E-state index contributed by atoms with van der Waals surface area (Å²) in [6.45, 7) is 4.84. The fourth-order valence-corrected chi connectivity index (χ4v) is 7.66. The Morgan fingerprint density at radius 1 is 0.475 bits per heavy atom. The van der Waals surface area contributed by atoms with Crippen molar-refractivity contribution in [3.05, 3.63) is 36.5 Å². The zero-order chi connectivity index (χ0) is 43.0. The first-order chi connectivity index (χ1) is 29.0. The number of hydrogen-bond donors (Lipinski definition) is 3. The van der Waals surface area contributed by atoms with Crippen molar-refractivity contribution in [1.82, 2.24) is 5.32 Å². The lowest BCUT2D eigenvalue weighted by atomic mass is 10.0. The predicted molar refractivity (Wildman–Crippen MR) is 255 cm³/mol. The lowest BCUT2D eigenvalue weighted by Gasteiger charge is -2.20. The highest BCUT2D eigenvalue weighted by Gasteiger charge is 2.18. The Morgan fingerprint density at radius 3 is 1.31 bits per heavy atom. The Morgan fingerprint density at radius 2 is 0.847 bits per heavy atom. The fourth-order valence-electron chi connectivity index (χ4n) is 7.66. The predicted octanol–water partition coefficient (Wildman–Crippen LogP) is 15.3. The molecule has 0 saturated carbocycles. The van der Waals surface area contributed by atoms with Gasteiger partial charge >= 0.3 is 5.97 Å². The molecule has 1 amide bonds. The van der Waals surface area contributed by atoms with Gasteiger partial charge in [0.15, 0.2) is 0 Å². The van der Waals surface area contributed by atoms with Crippen LogP contribution >= 0.6 is 0 Å². The molecule has 0 aromatic carbocycles. The number of rotatable bonds is 47. The molecule has 0 aromatic heterocycles. The van der Waals surface area contributed by atoms with Crippen molar-refractivity contribution in [2.75, 3.05) is 13.2 Å². The number of carbonyl (C=O) groups is 2. The molecule has 0 bridgehead atoms. The molecule has 0 rings (SSSR count). The highest BCUT2D eigenvalue weighted by Crippen LogP contribution is 2.15. The maximum Gasteiger partial charge on any atom is 0.305 e. The molecule has 0 aromatic rings. The molecule has 6 nitrogen and oxygen atoms in total. The zero-order valence-electron chi connectivity index (χ0n) is 39.2. The second-order valence-corrected chi connectivity index (χ2v) is 17.5. The van der Waals surface area contributed by atoms with Crippen LogP contribution in [-0.2, 0) is 14.3 Å². The number of aliphatic hydroxyl groups is 2. The van der Waals surface area contributed by atoms with Crippen LogP contribution in [0.5, 0.6) is 0 Å². The van der Waals surface area contributed by atoms with Gasteiger partial charge in [0.1, 0.15) is 0 Å². The summed E-state index contributed by atoms with van der Waals surface area (Å²) in [4.78, 5) is 24.4. The third-order valence-corrected chi connectivity index (χ3v) is 11.7. The van der Waals surface area contributed by atoms with E-state index in [1.54, 1.807) is 6.08 Å². The highest BCUT2D eigenvalue weighted by atomic mass is 16.5. The molecule has 0 aliphatic heterocycles. The first-order valence-electron chi connectivity index (χ1n) is 25.8. The minimum Gasteiger partial charge on any atom is -0.466 e. The van der Waals surface area contributed by atoms with E-state index in [1.165, 1.54) is 173 Å². The van der Waals surface area contributed by atoms with Gasteiger partial charge in [-0.25, -0.2) is 0 Å². The van der Waals surface area contributed by atoms with E-state index in [1.807, 2.05) is 6.08 Å². The summed E-state index contributed by atoms with van der Waals surface area (Å²) in [7, 11) is 0. The van der Waals surface area contributed by atoms with Crippen molar-refractivity contribution in [3.63, 3.8) is 0 Å². The molecule has 346 valence electrons. The van der Waals surface area contributed by atoms with Gasteiger partial charge in [0.2, 0.25) is 5.91 Å². The van der Waals surface area contributed by atoms with Gasteiger partial charge in [0.05, 0.1) is 25.4 Å². The second kappa shape index (κ2) is 48.7. The van der Waals surface area contributed by atoms with E-state index in [-0.39, 0.29) is 18.5 Å². The van der Waals surface area contributed by atoms with Crippen LogP contribution in [0, 0.1) is 0 Å². The van der Waals surface area contributed by atoms with Crippen molar-refractivity contribution in [2.45, 2.75) is 276 Å². The second-order valence-electron chi connectivity index (χ2n) is 17.5. The van der Waals surface area contributed by atoms with Gasteiger partial charge in [-0.2, -0.15) is 0 Å². The maximum atomic E-state index is 12.4. The Bertz CT molecular complexity index is 962. The number of ether oxygens (including phenoxy) is 1. The summed E-state index contributed by atoms with van der Waals surface area (Å²) in [5, 5.41) is 23.0. The topological polar surface area (TPSA) is 95.9 Å². The number of carbonyl (C=O) groups excluding carboxylic acids is 2. The van der Waals surface area contributed by atoms with Gasteiger partial charge in [0, 0.05) is 12.8 Å². The van der Waals surface area contributed by atoms with Crippen molar-refractivity contribution in [3.8, 4) is 0 Å². The summed E-state index contributed by atoms with van der Waals surface area (Å²) in [5.74, 6) is -0.0938. The smallest absolute Gasteiger partial charge is 0.305 e. The largest absolute Gasteiger partial charge is 0.466 e. The fraction of sp³-hybridized carbons (Fsp3) is 0.849. The Hall–Kier alpha value is -1.92. The number of hydrogen-bond acceptors (Lipinski definition) is 5. The quantitative estimate of drug-likeness (QED) is 0.0323. The molecular formula is C53H99NO5. The van der Waals surface area contributed by atoms with Gasteiger partial charge < -0.3 is 20.3 Å². The van der Waals surface area contributed by atoms with E-state index in [0.29, 0.717) is 19.4 Å². The molecule has 0 aliphatic carbocycles. The molecule has 0 heterocycles. The molecular weight excluding hydrogens is 731 g/mol. The average molecular weight is 830 g/mol. The molecule has 59 heavy (non-hydrogen) atoms. The first-order valence-corrected chi connectivity index (χ1v) is 25.8.